The number of aryl methyl sites for hydroxylation is 3. The van der Waals surface area contributed by atoms with Crippen LogP contribution >= 0.6 is 0 Å². The smallest absolute Gasteiger partial charge is 0.157 e. The molecule has 90 valence electrons. The van der Waals surface area contributed by atoms with Crippen molar-refractivity contribution >= 4 is 11.0 Å². The summed E-state index contributed by atoms with van der Waals surface area (Å²) in [6.07, 6.45) is 0. The molecule has 2 rings (SSSR count). The molecule has 0 N–H and O–H groups in total. The van der Waals surface area contributed by atoms with Crippen LogP contribution in [0, 0.1) is 13.8 Å². The summed E-state index contributed by atoms with van der Waals surface area (Å²) in [7, 11) is 1.92. The Kier molecular flexibility index (Phi) is 6.38. The first-order valence-corrected chi connectivity index (χ1v) is 5.95. The lowest BCUT2D eigenvalue weighted by Crippen LogP contribution is -1.92. The molecule has 0 aliphatic carbocycles. The summed E-state index contributed by atoms with van der Waals surface area (Å²) >= 11 is 0. The van der Waals surface area contributed by atoms with E-state index in [0.717, 1.165) is 22.4 Å². The van der Waals surface area contributed by atoms with Gasteiger partial charge in [0.2, 0.25) is 0 Å². The van der Waals surface area contributed by atoms with Gasteiger partial charge >= 0.3 is 0 Å². The van der Waals surface area contributed by atoms with Gasteiger partial charge in [0.05, 0.1) is 5.69 Å². The molecule has 0 saturated heterocycles. The number of fused-ring (bicyclic) bond motifs is 1. The molecule has 0 radical (unpaired) electrons. The van der Waals surface area contributed by atoms with Gasteiger partial charge in [-0.15, -0.1) is 0 Å². The fraction of sp³-hybridized carbons (Fsp3) is 0.538. The van der Waals surface area contributed by atoms with Crippen LogP contribution in [0.2, 0.25) is 0 Å². The second-order valence-electron chi connectivity index (χ2n) is 3.03. The Bertz CT molecular complexity index is 430. The largest absolute Gasteiger partial charge is 0.250 e. The zero-order valence-corrected chi connectivity index (χ0v) is 11.5. The maximum Gasteiger partial charge on any atom is 0.157 e. The second kappa shape index (κ2) is 6.99. The van der Waals surface area contributed by atoms with Gasteiger partial charge in [0.15, 0.2) is 5.65 Å². The molecule has 0 aliphatic heterocycles. The van der Waals surface area contributed by atoms with Crippen molar-refractivity contribution in [3.63, 3.8) is 0 Å². The summed E-state index contributed by atoms with van der Waals surface area (Å²) in [5.74, 6) is 0. The summed E-state index contributed by atoms with van der Waals surface area (Å²) in [6.45, 7) is 12.0. The lowest BCUT2D eigenvalue weighted by atomic mass is 10.2. The van der Waals surface area contributed by atoms with Gasteiger partial charge in [-0.1, -0.05) is 27.7 Å². The molecule has 0 aromatic carbocycles. The normalized spacial score (nSPS) is 8.94. The Balaban J connectivity index is 0.000000509. The highest BCUT2D eigenvalue weighted by molar-refractivity contribution is 5.78. The van der Waals surface area contributed by atoms with Gasteiger partial charge in [0, 0.05) is 18.1 Å². The molecule has 0 atom stereocenters. The molecule has 0 spiro atoms. The third kappa shape index (κ3) is 3.05. The molecule has 3 nitrogen and oxygen atoms in total. The minimum absolute atomic E-state index is 0.965. The fourth-order valence-electron chi connectivity index (χ4n) is 1.40. The first-order chi connectivity index (χ1) is 7.68. The zero-order valence-electron chi connectivity index (χ0n) is 11.5. The zero-order chi connectivity index (χ0) is 12.7. The molecule has 0 unspecified atom stereocenters. The highest BCUT2D eigenvalue weighted by Crippen LogP contribution is 2.14. The van der Waals surface area contributed by atoms with Crippen molar-refractivity contribution in [2.45, 2.75) is 41.5 Å². The maximum atomic E-state index is 4.40. The number of rotatable bonds is 0. The number of pyridine rings is 1. The summed E-state index contributed by atoms with van der Waals surface area (Å²) in [5, 5.41) is 5.43. The van der Waals surface area contributed by atoms with E-state index >= 15 is 0 Å². The van der Waals surface area contributed by atoms with Crippen molar-refractivity contribution in [3.8, 4) is 0 Å². The van der Waals surface area contributed by atoms with Crippen LogP contribution in [-0.2, 0) is 7.05 Å². The molecule has 2 aromatic heterocycles. The first kappa shape index (κ1) is 14.6. The van der Waals surface area contributed by atoms with Gasteiger partial charge in [0.1, 0.15) is 0 Å². The number of nitrogens with zero attached hydrogens (tertiary/aromatic N) is 3. The third-order valence-corrected chi connectivity index (χ3v) is 2.01. The van der Waals surface area contributed by atoms with Crippen molar-refractivity contribution < 1.29 is 0 Å². The number of aromatic nitrogens is 3. The third-order valence-electron chi connectivity index (χ3n) is 2.01. The van der Waals surface area contributed by atoms with E-state index in [2.05, 4.69) is 16.1 Å². The quantitative estimate of drug-likeness (QED) is 0.680. The van der Waals surface area contributed by atoms with Crippen LogP contribution in [0.5, 0.6) is 0 Å². The molecule has 2 aromatic rings. The van der Waals surface area contributed by atoms with Crippen molar-refractivity contribution in [2.24, 2.45) is 7.05 Å². The van der Waals surface area contributed by atoms with Crippen molar-refractivity contribution in [1.82, 2.24) is 14.8 Å². The minimum atomic E-state index is 0.965. The van der Waals surface area contributed by atoms with Gasteiger partial charge < -0.3 is 0 Å². The SMILES string of the molecule is CC.CC.Cc1ccc2c(C)nn(C)c2n1. The van der Waals surface area contributed by atoms with E-state index in [1.807, 2.05) is 59.3 Å². The Labute approximate surface area is 98.5 Å². The highest BCUT2D eigenvalue weighted by Gasteiger charge is 2.04. The summed E-state index contributed by atoms with van der Waals surface area (Å²) in [4.78, 5) is 4.40. The van der Waals surface area contributed by atoms with E-state index in [4.69, 9.17) is 0 Å². The molecular formula is C13H23N3. The van der Waals surface area contributed by atoms with Gasteiger partial charge in [-0.05, 0) is 26.0 Å². The maximum absolute atomic E-state index is 4.40. The standard InChI is InChI=1S/C9H11N3.2C2H6/c1-6-4-5-8-7(2)11-12(3)9(8)10-6;2*1-2/h4-5H,1-3H3;2*1-2H3. The van der Waals surface area contributed by atoms with Gasteiger partial charge in [-0.25, -0.2) is 4.98 Å². The van der Waals surface area contributed by atoms with Crippen molar-refractivity contribution in [1.29, 1.82) is 0 Å². The van der Waals surface area contributed by atoms with Gasteiger partial charge in [0.25, 0.3) is 0 Å². The van der Waals surface area contributed by atoms with Crippen molar-refractivity contribution in [2.75, 3.05) is 0 Å². The molecule has 0 aliphatic rings. The second-order valence-corrected chi connectivity index (χ2v) is 3.03. The van der Waals surface area contributed by atoms with E-state index < -0.39 is 0 Å². The van der Waals surface area contributed by atoms with Crippen LogP contribution in [0.1, 0.15) is 39.1 Å². The van der Waals surface area contributed by atoms with Crippen LogP contribution in [0.4, 0.5) is 0 Å². The van der Waals surface area contributed by atoms with E-state index in [1.54, 1.807) is 0 Å². The average molecular weight is 221 g/mol. The van der Waals surface area contributed by atoms with E-state index in [9.17, 15) is 0 Å². The van der Waals surface area contributed by atoms with E-state index in [1.165, 1.54) is 0 Å². The topological polar surface area (TPSA) is 30.7 Å². The Morgan fingerprint density at radius 2 is 1.56 bits per heavy atom. The fourth-order valence-corrected chi connectivity index (χ4v) is 1.40. The van der Waals surface area contributed by atoms with Crippen LogP contribution < -0.4 is 0 Å². The molecule has 2 heterocycles. The van der Waals surface area contributed by atoms with E-state index in [-0.39, 0.29) is 0 Å². The summed E-state index contributed by atoms with van der Waals surface area (Å²) in [6, 6.07) is 4.08. The molecule has 0 saturated carbocycles. The number of hydrogen-bond acceptors (Lipinski definition) is 2. The van der Waals surface area contributed by atoms with Crippen LogP contribution in [0.3, 0.4) is 0 Å². The monoisotopic (exact) mass is 221 g/mol. The molecule has 0 bridgehead atoms. The molecule has 0 amide bonds. The Hall–Kier alpha value is -1.38. The lowest BCUT2D eigenvalue weighted by molar-refractivity contribution is 0.772. The average Bonchev–Trinajstić information content (AvgIpc) is 2.60. The van der Waals surface area contributed by atoms with Crippen LogP contribution in [0.15, 0.2) is 12.1 Å². The minimum Gasteiger partial charge on any atom is -0.250 e. The Morgan fingerprint density at radius 3 is 2.12 bits per heavy atom. The molecular weight excluding hydrogens is 198 g/mol. The molecule has 3 heteroatoms. The first-order valence-electron chi connectivity index (χ1n) is 5.95. The predicted octanol–water partition coefficient (Wildman–Crippen LogP) is 3.64. The highest BCUT2D eigenvalue weighted by atomic mass is 15.3. The lowest BCUT2D eigenvalue weighted by Gasteiger charge is -1.93. The molecule has 0 fully saturated rings. The summed E-state index contributed by atoms with van der Waals surface area (Å²) < 4.78 is 1.82. The van der Waals surface area contributed by atoms with E-state index in [0.29, 0.717) is 0 Å². The van der Waals surface area contributed by atoms with Crippen LogP contribution in [0.25, 0.3) is 11.0 Å². The van der Waals surface area contributed by atoms with Crippen molar-refractivity contribution in [3.05, 3.63) is 23.5 Å². The summed E-state index contributed by atoms with van der Waals surface area (Å²) in [5.41, 5.74) is 3.04. The Morgan fingerprint density at radius 1 is 1.00 bits per heavy atom. The molecule has 16 heavy (non-hydrogen) atoms. The number of hydrogen-bond donors (Lipinski definition) is 0. The van der Waals surface area contributed by atoms with Gasteiger partial charge in [-0.2, -0.15) is 5.10 Å². The predicted molar refractivity (Wildman–Crippen MR) is 70.7 cm³/mol. The van der Waals surface area contributed by atoms with Gasteiger partial charge in [-0.3, -0.25) is 4.68 Å². The van der Waals surface area contributed by atoms with Crippen LogP contribution in [-0.4, -0.2) is 14.8 Å².